The summed E-state index contributed by atoms with van der Waals surface area (Å²) in [7, 11) is 0. The summed E-state index contributed by atoms with van der Waals surface area (Å²) in [5.74, 6) is -1.33. The quantitative estimate of drug-likeness (QED) is 0.0329. The van der Waals surface area contributed by atoms with E-state index in [2.05, 4.69) is 86.8 Å². The number of carbonyl (C=O) groups is 3. The standard InChI is InChI=1S/C53H78N4O14/c1-31(2)22-24-57-38-20-18-34(51(71)55-28-40(61)47(67)49(69)42(63)30-59)26-36(38)52(4,5)43(57)14-11-10-13-32(3)16-21-44-53(6,7)35-25-33(17-19-37(35)56(44)23-12-8-9-15-45(64)65)50(70)54-27-39(60)46(66)48(68)41(62)29-58/h10-11,13-14,17-21,25-26,31-32,39-42,46-49,58-63,66-69H,8-9,12,15-16,22-24,27-30H2,1-7H3,(H2-,54,55,64,65,70,71)/p+1/b13-10+,14-11+,44-21+. The Morgan fingerprint density at radius 3 is 1.76 bits per heavy atom. The molecule has 9 atom stereocenters. The molecule has 2 aromatic carbocycles. The zero-order valence-corrected chi connectivity index (χ0v) is 42.1. The second-order valence-corrected chi connectivity index (χ2v) is 20.4. The van der Waals surface area contributed by atoms with Crippen molar-refractivity contribution in [1.82, 2.24) is 10.6 Å². The van der Waals surface area contributed by atoms with Gasteiger partial charge in [0.1, 0.15) is 43.2 Å². The lowest BCUT2D eigenvalue weighted by Crippen LogP contribution is -2.49. The van der Waals surface area contributed by atoms with Gasteiger partial charge < -0.3 is 71.7 Å². The predicted octanol–water partition coefficient (Wildman–Crippen LogP) is 1.91. The molecule has 0 radical (unpaired) electrons. The van der Waals surface area contributed by atoms with Crippen LogP contribution >= 0.6 is 0 Å². The topological polar surface area (TPSA) is 304 Å². The van der Waals surface area contributed by atoms with Crippen LogP contribution in [0.4, 0.5) is 11.4 Å². The fraction of sp³-hybridized carbons (Fsp3) is 0.585. The molecule has 18 nitrogen and oxygen atoms in total. The van der Waals surface area contributed by atoms with Crippen molar-refractivity contribution >= 4 is 34.9 Å². The van der Waals surface area contributed by atoms with Gasteiger partial charge in [0.2, 0.25) is 5.69 Å². The van der Waals surface area contributed by atoms with Crippen molar-refractivity contribution in [3.05, 3.63) is 94.7 Å². The third kappa shape index (κ3) is 14.9. The number of hydrogen-bond donors (Lipinski definition) is 13. The number of aliphatic carboxylic acids is 1. The van der Waals surface area contributed by atoms with E-state index in [0.29, 0.717) is 42.9 Å². The zero-order valence-electron chi connectivity index (χ0n) is 42.1. The van der Waals surface area contributed by atoms with E-state index in [1.54, 1.807) is 18.2 Å². The average molecular weight is 996 g/mol. The van der Waals surface area contributed by atoms with Gasteiger partial charge in [-0.1, -0.05) is 65.3 Å². The van der Waals surface area contributed by atoms with E-state index in [-0.39, 0.29) is 12.3 Å². The molecule has 18 heteroatoms. The molecule has 4 rings (SSSR count). The van der Waals surface area contributed by atoms with Gasteiger partial charge in [0.15, 0.2) is 5.71 Å². The normalized spacial score (nSPS) is 19.6. The number of rotatable bonds is 28. The SMILES string of the molecule is CC(C)CC[N+]1=C(/C=C/C=C/C(C)C/C=C2/N(CCCCCC(=O)O)c3ccc(C(=O)NCC(O)C(O)C(O)C(O)CO)cc3C2(C)C)C(C)(C)c2cc(C(=O)NCC(O)C(O)C(O)C(O)CO)ccc21. The molecule has 0 bridgehead atoms. The minimum atomic E-state index is -1.82. The first-order valence-electron chi connectivity index (χ1n) is 24.6. The summed E-state index contributed by atoms with van der Waals surface area (Å²) in [6, 6.07) is 10.8. The number of carbonyl (C=O) groups excluding carboxylic acids is 2. The third-order valence-corrected chi connectivity index (χ3v) is 13.6. The number of aliphatic hydroxyl groups is 10. The highest BCUT2D eigenvalue weighted by Gasteiger charge is 2.45. The number of carboxylic acids is 1. The summed E-state index contributed by atoms with van der Waals surface area (Å²) >= 11 is 0. The van der Waals surface area contributed by atoms with Gasteiger partial charge in [0.25, 0.3) is 11.8 Å². The molecular formula is C53H79N4O14+. The molecule has 0 saturated heterocycles. The summed E-state index contributed by atoms with van der Waals surface area (Å²) in [4.78, 5) is 40.1. The molecule has 2 heterocycles. The maximum atomic E-state index is 13.3. The van der Waals surface area contributed by atoms with Crippen LogP contribution in [0.5, 0.6) is 0 Å². The van der Waals surface area contributed by atoms with Gasteiger partial charge in [-0.25, -0.2) is 0 Å². The van der Waals surface area contributed by atoms with Crippen LogP contribution in [-0.4, -0.2) is 172 Å². The number of fused-ring (bicyclic) bond motifs is 2. The smallest absolute Gasteiger partial charge is 0.303 e. The van der Waals surface area contributed by atoms with Crippen molar-refractivity contribution < 1.29 is 75.1 Å². The van der Waals surface area contributed by atoms with Crippen molar-refractivity contribution in [3.63, 3.8) is 0 Å². The van der Waals surface area contributed by atoms with E-state index in [9.17, 15) is 60.3 Å². The van der Waals surface area contributed by atoms with Gasteiger partial charge >= 0.3 is 5.97 Å². The second-order valence-electron chi connectivity index (χ2n) is 20.4. The van der Waals surface area contributed by atoms with Crippen molar-refractivity contribution in [2.75, 3.05) is 44.3 Å². The number of aliphatic hydroxyl groups excluding tert-OH is 10. The van der Waals surface area contributed by atoms with Gasteiger partial charge in [-0.15, -0.1) is 0 Å². The number of nitrogens with zero attached hydrogens (tertiary/aromatic N) is 2. The van der Waals surface area contributed by atoms with Crippen LogP contribution in [0.15, 0.2) is 72.5 Å². The molecule has 394 valence electrons. The molecule has 0 fully saturated rings. The zero-order chi connectivity index (χ0) is 53.0. The molecular weight excluding hydrogens is 917 g/mol. The molecule has 2 amide bonds. The molecule has 0 spiro atoms. The van der Waals surface area contributed by atoms with Crippen molar-refractivity contribution in [2.24, 2.45) is 11.8 Å². The van der Waals surface area contributed by atoms with Crippen LogP contribution in [0.3, 0.4) is 0 Å². The number of unbranched alkanes of at least 4 members (excludes halogenated alkanes) is 2. The van der Waals surface area contributed by atoms with Crippen LogP contribution in [-0.2, 0) is 15.6 Å². The number of allylic oxidation sites excluding steroid dienone is 6. The van der Waals surface area contributed by atoms with E-state index in [4.69, 9.17) is 10.2 Å². The molecule has 13 N–H and O–H groups in total. The van der Waals surface area contributed by atoms with Crippen molar-refractivity contribution in [1.29, 1.82) is 0 Å². The first kappa shape index (κ1) is 58.7. The average Bonchev–Trinajstić information content (AvgIpc) is 3.69. The Hall–Kier alpha value is -4.86. The lowest BCUT2D eigenvalue weighted by Gasteiger charge is -2.28. The van der Waals surface area contributed by atoms with Gasteiger partial charge in [-0.3, -0.25) is 14.4 Å². The molecule has 0 aromatic heterocycles. The Balaban J connectivity index is 1.52. The highest BCUT2D eigenvalue weighted by molar-refractivity contribution is 6.04. The Labute approximate surface area is 417 Å². The van der Waals surface area contributed by atoms with E-state index >= 15 is 0 Å². The summed E-state index contributed by atoms with van der Waals surface area (Å²) < 4.78 is 2.28. The number of benzene rings is 2. The lowest BCUT2D eigenvalue weighted by molar-refractivity contribution is -0.439. The van der Waals surface area contributed by atoms with Gasteiger partial charge in [-0.2, -0.15) is 4.58 Å². The summed E-state index contributed by atoms with van der Waals surface area (Å²) in [5.41, 5.74) is 5.39. The van der Waals surface area contributed by atoms with Crippen molar-refractivity contribution in [2.45, 2.75) is 147 Å². The van der Waals surface area contributed by atoms with E-state index in [1.165, 1.54) is 0 Å². The fourth-order valence-corrected chi connectivity index (χ4v) is 9.04. The summed E-state index contributed by atoms with van der Waals surface area (Å²) in [6.07, 6.45) is 0.332. The largest absolute Gasteiger partial charge is 0.481 e. The van der Waals surface area contributed by atoms with E-state index in [1.807, 2.05) is 30.4 Å². The molecule has 71 heavy (non-hydrogen) atoms. The number of anilines is 1. The molecule has 2 aliphatic heterocycles. The van der Waals surface area contributed by atoms with Crippen LogP contribution in [0.2, 0.25) is 0 Å². The van der Waals surface area contributed by atoms with Gasteiger partial charge in [0.05, 0.1) is 30.8 Å². The van der Waals surface area contributed by atoms with E-state index in [0.717, 1.165) is 53.3 Å². The maximum absolute atomic E-state index is 13.3. The first-order valence-corrected chi connectivity index (χ1v) is 24.6. The Kier molecular flexibility index (Phi) is 21.7. The molecule has 2 aliphatic rings. The number of carboxylic acid groups (broad SMARTS) is 1. The number of amides is 2. The minimum absolute atomic E-state index is 0.0861. The Morgan fingerprint density at radius 2 is 1.23 bits per heavy atom. The third-order valence-electron chi connectivity index (χ3n) is 13.6. The van der Waals surface area contributed by atoms with Gasteiger partial charge in [0, 0.05) is 78.1 Å². The minimum Gasteiger partial charge on any atom is -0.481 e. The maximum Gasteiger partial charge on any atom is 0.303 e. The predicted molar refractivity (Wildman–Crippen MR) is 269 cm³/mol. The molecule has 0 aliphatic carbocycles. The molecule has 2 aromatic rings. The summed E-state index contributed by atoms with van der Waals surface area (Å²) in [6.45, 7) is 13.7. The van der Waals surface area contributed by atoms with Crippen LogP contribution in [0, 0.1) is 11.8 Å². The second kappa shape index (κ2) is 26.2. The summed E-state index contributed by atoms with van der Waals surface area (Å²) in [5, 5.41) is 113. The molecule has 9 unspecified atom stereocenters. The highest BCUT2D eigenvalue weighted by Crippen LogP contribution is 2.48. The van der Waals surface area contributed by atoms with E-state index < -0.39 is 104 Å². The number of nitrogens with one attached hydrogen (secondary N) is 2. The van der Waals surface area contributed by atoms with Crippen LogP contribution in [0.25, 0.3) is 0 Å². The Morgan fingerprint density at radius 1 is 0.690 bits per heavy atom. The van der Waals surface area contributed by atoms with Crippen molar-refractivity contribution in [3.8, 4) is 0 Å². The number of hydrogen-bond acceptors (Lipinski definition) is 14. The molecule has 0 saturated carbocycles. The Bertz CT molecular complexity index is 2260. The lowest BCUT2D eigenvalue weighted by atomic mass is 9.80. The van der Waals surface area contributed by atoms with Gasteiger partial charge in [-0.05, 0) is 80.8 Å². The van der Waals surface area contributed by atoms with Crippen LogP contribution in [0.1, 0.15) is 119 Å². The highest BCUT2D eigenvalue weighted by atomic mass is 16.4. The monoisotopic (exact) mass is 996 g/mol. The fourth-order valence-electron chi connectivity index (χ4n) is 9.04. The first-order chi connectivity index (χ1) is 33.4. The van der Waals surface area contributed by atoms with Crippen LogP contribution < -0.4 is 15.5 Å².